The molecule has 0 fully saturated rings. The van der Waals surface area contributed by atoms with Crippen molar-refractivity contribution in [2.24, 2.45) is 0 Å². The predicted molar refractivity (Wildman–Crippen MR) is 85.7 cm³/mol. The number of hydrogen-bond acceptors (Lipinski definition) is 4. The molecule has 0 aliphatic heterocycles. The monoisotopic (exact) mass is 348 g/mol. The van der Waals surface area contributed by atoms with Crippen molar-refractivity contribution in [1.29, 1.82) is 0 Å². The zero-order valence-corrected chi connectivity index (χ0v) is 14.7. The number of hydrogen-bond donors (Lipinski definition) is 1. The zero-order valence-electron chi connectivity index (χ0n) is 13.1. The second kappa shape index (κ2) is 7.80. The highest BCUT2D eigenvalue weighted by molar-refractivity contribution is 7.89. The van der Waals surface area contributed by atoms with Gasteiger partial charge >= 0.3 is 0 Å². The smallest absolute Gasteiger partial charge is 0.243 e. The van der Waals surface area contributed by atoms with Crippen molar-refractivity contribution >= 4 is 27.5 Å². The van der Waals surface area contributed by atoms with Gasteiger partial charge in [-0.1, -0.05) is 18.5 Å². The molecule has 1 rings (SSSR count). The Bertz CT molecular complexity index is 634. The summed E-state index contributed by atoms with van der Waals surface area (Å²) >= 11 is 5.95. The van der Waals surface area contributed by atoms with E-state index in [-0.39, 0.29) is 28.4 Å². The minimum Gasteiger partial charge on any atom is -0.495 e. The number of methoxy groups -OCH3 is 1. The maximum Gasteiger partial charge on any atom is 0.243 e. The fourth-order valence-electron chi connectivity index (χ4n) is 1.70. The van der Waals surface area contributed by atoms with Gasteiger partial charge in [0.05, 0.1) is 23.6 Å². The molecule has 8 heteroatoms. The number of carbonyl (C=O) groups is 1. The molecule has 1 aromatic rings. The van der Waals surface area contributed by atoms with Crippen LogP contribution in [0.4, 0.5) is 0 Å². The highest BCUT2D eigenvalue weighted by Gasteiger charge is 2.24. The fourth-order valence-corrected chi connectivity index (χ4v) is 3.17. The summed E-state index contributed by atoms with van der Waals surface area (Å²) in [7, 11) is -0.996. The summed E-state index contributed by atoms with van der Waals surface area (Å²) in [6.07, 6.45) is 0.774. The molecule has 0 spiro atoms. The van der Waals surface area contributed by atoms with Crippen LogP contribution in [-0.2, 0) is 14.8 Å². The number of nitrogens with zero attached hydrogens (tertiary/aromatic N) is 1. The molecular formula is C14H21ClN2O4S. The van der Waals surface area contributed by atoms with Crippen molar-refractivity contribution in [1.82, 2.24) is 9.62 Å². The summed E-state index contributed by atoms with van der Waals surface area (Å²) in [4.78, 5) is 11.8. The molecule has 0 saturated carbocycles. The summed E-state index contributed by atoms with van der Waals surface area (Å²) in [5.74, 6) is 0.0396. The van der Waals surface area contributed by atoms with Gasteiger partial charge < -0.3 is 10.1 Å². The van der Waals surface area contributed by atoms with E-state index in [1.165, 1.54) is 32.4 Å². The largest absolute Gasteiger partial charge is 0.495 e. The lowest BCUT2D eigenvalue weighted by Crippen LogP contribution is -2.41. The zero-order chi connectivity index (χ0) is 16.9. The average molecular weight is 349 g/mol. The minimum absolute atomic E-state index is 0.000894. The molecule has 1 atom stereocenters. The van der Waals surface area contributed by atoms with Crippen LogP contribution in [0.1, 0.15) is 20.3 Å². The quantitative estimate of drug-likeness (QED) is 0.816. The van der Waals surface area contributed by atoms with Crippen LogP contribution < -0.4 is 10.1 Å². The Morgan fingerprint density at radius 2 is 2.09 bits per heavy atom. The predicted octanol–water partition coefficient (Wildman–Crippen LogP) is 1.88. The molecule has 6 nitrogen and oxygen atoms in total. The molecule has 1 aromatic carbocycles. The second-order valence-corrected chi connectivity index (χ2v) is 7.39. The van der Waals surface area contributed by atoms with E-state index in [2.05, 4.69) is 5.32 Å². The summed E-state index contributed by atoms with van der Waals surface area (Å²) in [5.41, 5.74) is 0. The first kappa shape index (κ1) is 18.7. The molecule has 1 amide bonds. The molecule has 0 saturated heterocycles. The van der Waals surface area contributed by atoms with Gasteiger partial charge in [0.25, 0.3) is 0 Å². The van der Waals surface area contributed by atoms with Gasteiger partial charge in [0.1, 0.15) is 5.75 Å². The van der Waals surface area contributed by atoms with Crippen LogP contribution in [0.2, 0.25) is 5.02 Å². The van der Waals surface area contributed by atoms with Crippen LogP contribution in [0.3, 0.4) is 0 Å². The van der Waals surface area contributed by atoms with Crippen LogP contribution in [0.25, 0.3) is 0 Å². The Morgan fingerprint density at radius 3 is 2.59 bits per heavy atom. The van der Waals surface area contributed by atoms with E-state index < -0.39 is 10.0 Å². The van der Waals surface area contributed by atoms with E-state index >= 15 is 0 Å². The summed E-state index contributed by atoms with van der Waals surface area (Å²) in [6.45, 7) is 3.54. The first-order chi connectivity index (χ1) is 10.2. The molecule has 124 valence electrons. The third kappa shape index (κ3) is 4.59. The average Bonchev–Trinajstić information content (AvgIpc) is 2.46. The van der Waals surface area contributed by atoms with Gasteiger partial charge in [-0.15, -0.1) is 0 Å². The Kier molecular flexibility index (Phi) is 6.65. The van der Waals surface area contributed by atoms with Crippen LogP contribution in [0.15, 0.2) is 23.1 Å². The first-order valence-electron chi connectivity index (χ1n) is 6.81. The molecule has 0 radical (unpaired) electrons. The van der Waals surface area contributed by atoms with Crippen molar-refractivity contribution in [2.45, 2.75) is 31.2 Å². The molecule has 0 aromatic heterocycles. The van der Waals surface area contributed by atoms with Gasteiger partial charge in [-0.05, 0) is 31.5 Å². The van der Waals surface area contributed by atoms with E-state index in [1.807, 2.05) is 13.8 Å². The van der Waals surface area contributed by atoms with Gasteiger partial charge in [-0.25, -0.2) is 8.42 Å². The van der Waals surface area contributed by atoms with Crippen LogP contribution in [-0.4, -0.2) is 45.4 Å². The first-order valence-corrected chi connectivity index (χ1v) is 8.63. The molecule has 0 aliphatic rings. The third-order valence-electron chi connectivity index (χ3n) is 3.22. The number of ether oxygens (including phenoxy) is 1. The molecule has 0 aliphatic carbocycles. The van der Waals surface area contributed by atoms with E-state index in [0.29, 0.717) is 5.75 Å². The van der Waals surface area contributed by atoms with Crippen LogP contribution in [0, 0.1) is 0 Å². The number of rotatable bonds is 7. The molecule has 1 N–H and O–H groups in total. The highest BCUT2D eigenvalue weighted by atomic mass is 35.5. The van der Waals surface area contributed by atoms with Crippen molar-refractivity contribution in [3.05, 3.63) is 23.2 Å². The Hall–Kier alpha value is -1.31. The van der Waals surface area contributed by atoms with Gasteiger partial charge in [-0.2, -0.15) is 4.31 Å². The van der Waals surface area contributed by atoms with Gasteiger partial charge in [0.2, 0.25) is 15.9 Å². The molecular weight excluding hydrogens is 328 g/mol. The number of benzene rings is 1. The van der Waals surface area contributed by atoms with Crippen LogP contribution in [0.5, 0.6) is 5.75 Å². The number of carbonyl (C=O) groups excluding carboxylic acids is 1. The van der Waals surface area contributed by atoms with Crippen molar-refractivity contribution < 1.29 is 17.9 Å². The van der Waals surface area contributed by atoms with E-state index in [0.717, 1.165) is 10.7 Å². The normalized spacial score (nSPS) is 13.0. The summed E-state index contributed by atoms with van der Waals surface area (Å²) < 4.78 is 30.8. The lowest BCUT2D eigenvalue weighted by atomic mass is 10.2. The second-order valence-electron chi connectivity index (χ2n) is 4.93. The number of sulfonamides is 1. The van der Waals surface area contributed by atoms with E-state index in [1.54, 1.807) is 0 Å². The minimum atomic E-state index is -3.79. The molecule has 0 heterocycles. The summed E-state index contributed by atoms with van der Waals surface area (Å²) in [6, 6.07) is 4.17. The maximum absolute atomic E-state index is 12.4. The fraction of sp³-hybridized carbons (Fsp3) is 0.500. The summed E-state index contributed by atoms with van der Waals surface area (Å²) in [5, 5.41) is 2.92. The lowest BCUT2D eigenvalue weighted by molar-refractivity contribution is -0.121. The standard InChI is InChI=1S/C14H21ClN2O4S/c1-5-10(2)16-14(18)9-17(3)22(19,20)11-6-7-13(21-4)12(15)8-11/h6-8,10H,5,9H2,1-4H3,(H,16,18)/t10-/m0/s1. The SMILES string of the molecule is CC[C@H](C)NC(=O)CN(C)S(=O)(=O)c1ccc(OC)c(Cl)c1. The Balaban J connectivity index is 2.89. The molecule has 0 bridgehead atoms. The number of amides is 1. The van der Waals surface area contributed by atoms with E-state index in [4.69, 9.17) is 16.3 Å². The lowest BCUT2D eigenvalue weighted by Gasteiger charge is -2.19. The highest BCUT2D eigenvalue weighted by Crippen LogP contribution is 2.27. The number of nitrogens with one attached hydrogen (secondary N) is 1. The number of likely N-dealkylation sites (N-methyl/N-ethyl adjacent to an activating group) is 1. The van der Waals surface area contributed by atoms with E-state index in [9.17, 15) is 13.2 Å². The van der Waals surface area contributed by atoms with Crippen molar-refractivity contribution in [2.75, 3.05) is 20.7 Å². The van der Waals surface area contributed by atoms with Crippen molar-refractivity contribution in [3.8, 4) is 5.75 Å². The van der Waals surface area contributed by atoms with Gasteiger partial charge in [-0.3, -0.25) is 4.79 Å². The maximum atomic E-state index is 12.4. The molecule has 0 unspecified atom stereocenters. The van der Waals surface area contributed by atoms with Crippen molar-refractivity contribution in [3.63, 3.8) is 0 Å². The van der Waals surface area contributed by atoms with Gasteiger partial charge in [0.15, 0.2) is 0 Å². The molecule has 22 heavy (non-hydrogen) atoms. The van der Waals surface area contributed by atoms with Crippen LogP contribution >= 0.6 is 11.6 Å². The number of halogens is 1. The Labute approximate surface area is 136 Å². The topological polar surface area (TPSA) is 75.7 Å². The van der Waals surface area contributed by atoms with Gasteiger partial charge in [0, 0.05) is 13.1 Å². The Morgan fingerprint density at radius 1 is 1.45 bits per heavy atom. The third-order valence-corrected chi connectivity index (χ3v) is 5.31.